The maximum absolute atomic E-state index is 8.34. The SMILES string of the molecule is N#CCCC1(N)CCCC1. The summed E-state index contributed by atoms with van der Waals surface area (Å²) in [6.07, 6.45) is 6.26. The normalized spacial score (nSPS) is 22.4. The van der Waals surface area contributed by atoms with Crippen LogP contribution in [-0.4, -0.2) is 5.54 Å². The first-order chi connectivity index (χ1) is 4.77. The van der Waals surface area contributed by atoms with Gasteiger partial charge in [-0.1, -0.05) is 12.8 Å². The quantitative estimate of drug-likeness (QED) is 0.629. The summed E-state index contributed by atoms with van der Waals surface area (Å²) in [5.74, 6) is 0. The third-order valence-electron chi connectivity index (χ3n) is 2.33. The van der Waals surface area contributed by atoms with E-state index in [0.29, 0.717) is 6.42 Å². The number of nitriles is 1. The lowest BCUT2D eigenvalue weighted by molar-refractivity contribution is 0.411. The molecule has 0 unspecified atom stereocenters. The highest BCUT2D eigenvalue weighted by molar-refractivity contribution is 4.91. The van der Waals surface area contributed by atoms with Crippen molar-refractivity contribution in [2.24, 2.45) is 5.73 Å². The third kappa shape index (κ3) is 1.71. The van der Waals surface area contributed by atoms with Crippen LogP contribution in [0.4, 0.5) is 0 Å². The number of nitrogens with two attached hydrogens (primary N) is 1. The van der Waals surface area contributed by atoms with Gasteiger partial charge >= 0.3 is 0 Å². The smallest absolute Gasteiger partial charge is 0.0622 e. The van der Waals surface area contributed by atoms with Crippen LogP contribution in [0.5, 0.6) is 0 Å². The van der Waals surface area contributed by atoms with Crippen LogP contribution >= 0.6 is 0 Å². The summed E-state index contributed by atoms with van der Waals surface area (Å²) < 4.78 is 0. The highest BCUT2D eigenvalue weighted by Crippen LogP contribution is 2.30. The molecule has 0 radical (unpaired) electrons. The Bertz CT molecular complexity index is 140. The van der Waals surface area contributed by atoms with Gasteiger partial charge in [-0.15, -0.1) is 0 Å². The summed E-state index contributed by atoms with van der Waals surface area (Å²) in [4.78, 5) is 0. The van der Waals surface area contributed by atoms with E-state index in [-0.39, 0.29) is 5.54 Å². The van der Waals surface area contributed by atoms with Crippen molar-refractivity contribution < 1.29 is 0 Å². The summed E-state index contributed by atoms with van der Waals surface area (Å²) in [6, 6.07) is 2.14. The Morgan fingerprint density at radius 3 is 2.50 bits per heavy atom. The molecule has 0 aromatic carbocycles. The molecule has 1 aliphatic carbocycles. The molecule has 0 atom stereocenters. The summed E-state index contributed by atoms with van der Waals surface area (Å²) in [7, 11) is 0. The lowest BCUT2D eigenvalue weighted by Crippen LogP contribution is -2.35. The van der Waals surface area contributed by atoms with E-state index in [2.05, 4.69) is 6.07 Å². The molecule has 2 nitrogen and oxygen atoms in total. The average molecular weight is 138 g/mol. The lowest BCUT2D eigenvalue weighted by atomic mass is 9.93. The molecule has 0 aliphatic heterocycles. The van der Waals surface area contributed by atoms with E-state index >= 15 is 0 Å². The summed E-state index contributed by atoms with van der Waals surface area (Å²) >= 11 is 0. The van der Waals surface area contributed by atoms with E-state index in [1.54, 1.807) is 0 Å². The minimum Gasteiger partial charge on any atom is -0.325 e. The highest BCUT2D eigenvalue weighted by atomic mass is 14.7. The van der Waals surface area contributed by atoms with Gasteiger partial charge in [0.05, 0.1) is 6.07 Å². The zero-order valence-corrected chi connectivity index (χ0v) is 6.27. The van der Waals surface area contributed by atoms with E-state index in [9.17, 15) is 0 Å². The molecule has 56 valence electrons. The molecule has 0 saturated heterocycles. The number of hydrogen-bond donors (Lipinski definition) is 1. The number of nitrogens with zero attached hydrogens (tertiary/aromatic N) is 1. The van der Waals surface area contributed by atoms with Gasteiger partial charge in [-0.3, -0.25) is 0 Å². The highest BCUT2D eigenvalue weighted by Gasteiger charge is 2.28. The zero-order valence-electron chi connectivity index (χ0n) is 6.27. The van der Waals surface area contributed by atoms with Crippen LogP contribution in [0, 0.1) is 11.3 Å². The van der Waals surface area contributed by atoms with Gasteiger partial charge < -0.3 is 5.73 Å². The minimum atomic E-state index is 0.0235. The fourth-order valence-corrected chi connectivity index (χ4v) is 1.63. The first kappa shape index (κ1) is 7.56. The molecule has 1 aliphatic rings. The van der Waals surface area contributed by atoms with E-state index < -0.39 is 0 Å². The van der Waals surface area contributed by atoms with Gasteiger partial charge in [0, 0.05) is 12.0 Å². The van der Waals surface area contributed by atoms with Crippen LogP contribution in [0.3, 0.4) is 0 Å². The maximum atomic E-state index is 8.34. The summed E-state index contributed by atoms with van der Waals surface area (Å²) in [5.41, 5.74) is 6.02. The van der Waals surface area contributed by atoms with Gasteiger partial charge in [0.1, 0.15) is 0 Å². The fourth-order valence-electron chi connectivity index (χ4n) is 1.63. The Morgan fingerprint density at radius 2 is 2.00 bits per heavy atom. The largest absolute Gasteiger partial charge is 0.325 e. The second-order valence-electron chi connectivity index (χ2n) is 3.23. The van der Waals surface area contributed by atoms with Gasteiger partial charge in [0.15, 0.2) is 0 Å². The van der Waals surface area contributed by atoms with Crippen molar-refractivity contribution in [3.63, 3.8) is 0 Å². The molecule has 0 aromatic heterocycles. The van der Waals surface area contributed by atoms with Crippen LogP contribution < -0.4 is 5.73 Å². The van der Waals surface area contributed by atoms with E-state index in [0.717, 1.165) is 19.3 Å². The van der Waals surface area contributed by atoms with Crippen molar-refractivity contribution in [1.29, 1.82) is 5.26 Å². The molecule has 0 aromatic rings. The van der Waals surface area contributed by atoms with Gasteiger partial charge in [-0.2, -0.15) is 5.26 Å². The second-order valence-corrected chi connectivity index (χ2v) is 3.23. The molecule has 0 amide bonds. The maximum Gasteiger partial charge on any atom is 0.0622 e. The van der Waals surface area contributed by atoms with Gasteiger partial charge in [-0.05, 0) is 19.3 Å². The Kier molecular flexibility index (Phi) is 2.29. The summed E-state index contributed by atoms with van der Waals surface area (Å²) in [5, 5.41) is 8.34. The molecule has 2 N–H and O–H groups in total. The van der Waals surface area contributed by atoms with Gasteiger partial charge in [-0.25, -0.2) is 0 Å². The first-order valence-corrected chi connectivity index (χ1v) is 3.93. The molecular formula is C8H14N2. The number of rotatable bonds is 2. The first-order valence-electron chi connectivity index (χ1n) is 3.93. The van der Waals surface area contributed by atoms with Gasteiger partial charge in [0.25, 0.3) is 0 Å². The van der Waals surface area contributed by atoms with E-state index in [1.165, 1.54) is 12.8 Å². The Hall–Kier alpha value is -0.550. The molecular weight excluding hydrogens is 124 g/mol. The summed E-state index contributed by atoms with van der Waals surface area (Å²) in [6.45, 7) is 0. The van der Waals surface area contributed by atoms with Gasteiger partial charge in [0.2, 0.25) is 0 Å². The van der Waals surface area contributed by atoms with Crippen molar-refractivity contribution in [2.45, 2.75) is 44.1 Å². The number of hydrogen-bond acceptors (Lipinski definition) is 2. The zero-order chi connectivity index (χ0) is 7.45. The molecule has 0 heterocycles. The molecule has 1 saturated carbocycles. The molecule has 1 rings (SSSR count). The predicted octanol–water partition coefficient (Wildman–Crippen LogP) is 1.56. The van der Waals surface area contributed by atoms with Crippen molar-refractivity contribution in [1.82, 2.24) is 0 Å². The van der Waals surface area contributed by atoms with Crippen LogP contribution in [0.15, 0.2) is 0 Å². The van der Waals surface area contributed by atoms with Crippen molar-refractivity contribution in [2.75, 3.05) is 0 Å². The topological polar surface area (TPSA) is 49.8 Å². The molecule has 1 fully saturated rings. The fraction of sp³-hybridized carbons (Fsp3) is 0.875. The third-order valence-corrected chi connectivity index (χ3v) is 2.33. The Morgan fingerprint density at radius 1 is 1.40 bits per heavy atom. The van der Waals surface area contributed by atoms with Crippen LogP contribution in [0.1, 0.15) is 38.5 Å². The lowest BCUT2D eigenvalue weighted by Gasteiger charge is -2.21. The standard InChI is InChI=1S/C8H14N2/c9-7-3-6-8(10)4-1-2-5-8/h1-6,10H2. The van der Waals surface area contributed by atoms with E-state index in [1.807, 2.05) is 0 Å². The monoisotopic (exact) mass is 138 g/mol. The van der Waals surface area contributed by atoms with Crippen LogP contribution in [0.2, 0.25) is 0 Å². The molecule has 2 heteroatoms. The van der Waals surface area contributed by atoms with Crippen LogP contribution in [-0.2, 0) is 0 Å². The van der Waals surface area contributed by atoms with Crippen molar-refractivity contribution in [3.8, 4) is 6.07 Å². The average Bonchev–Trinajstić information content (AvgIpc) is 2.33. The minimum absolute atomic E-state index is 0.0235. The van der Waals surface area contributed by atoms with E-state index in [4.69, 9.17) is 11.0 Å². The molecule has 0 spiro atoms. The molecule has 0 bridgehead atoms. The Labute approximate surface area is 62.0 Å². The van der Waals surface area contributed by atoms with Crippen molar-refractivity contribution >= 4 is 0 Å². The Balaban J connectivity index is 2.30. The predicted molar refractivity (Wildman–Crippen MR) is 40.2 cm³/mol. The van der Waals surface area contributed by atoms with Crippen LogP contribution in [0.25, 0.3) is 0 Å². The second kappa shape index (κ2) is 3.03. The molecule has 10 heavy (non-hydrogen) atoms. The van der Waals surface area contributed by atoms with Crippen molar-refractivity contribution in [3.05, 3.63) is 0 Å².